The number of aryl methyl sites for hydroxylation is 1. The Morgan fingerprint density at radius 2 is 1.83 bits per heavy atom. The van der Waals surface area contributed by atoms with Crippen molar-refractivity contribution in [2.75, 3.05) is 6.54 Å². The lowest BCUT2D eigenvalue weighted by atomic mass is 9.82. The summed E-state index contributed by atoms with van der Waals surface area (Å²) in [4.78, 5) is 17.3. The normalized spacial score (nSPS) is 20.9. The van der Waals surface area contributed by atoms with Crippen molar-refractivity contribution in [3.8, 4) is 0 Å². The molecule has 3 aromatic rings. The summed E-state index contributed by atoms with van der Waals surface area (Å²) < 4.78 is 3.95. The largest absolute Gasteiger partial charge is 0.330 e. The first-order valence-electron chi connectivity index (χ1n) is 8.19. The molecule has 0 unspecified atom stereocenters. The fraction of sp³-hybridized carbons (Fsp3) is 0.529. The van der Waals surface area contributed by atoms with Crippen molar-refractivity contribution >= 4 is 41.6 Å². The Morgan fingerprint density at radius 3 is 2.50 bits per heavy atom. The van der Waals surface area contributed by atoms with E-state index in [0.717, 1.165) is 35.6 Å². The molecule has 0 aromatic carbocycles. The standard InChI is InChI=1S/C17H22N4O.2ClH/c1-11-16-17(22)20(10-13-7-5-12(9-18)6-8-13)15-4-2-3-14(19-11)21(15)16;;/h2-4,12-13H,5-10,18H2,1H3;2*1H. The van der Waals surface area contributed by atoms with Crippen LogP contribution in [0.2, 0.25) is 0 Å². The van der Waals surface area contributed by atoms with E-state index in [1.165, 1.54) is 25.7 Å². The minimum absolute atomic E-state index is 0. The van der Waals surface area contributed by atoms with Gasteiger partial charge in [0.05, 0.1) is 5.69 Å². The number of nitrogens with zero attached hydrogens (tertiary/aromatic N) is 3. The highest BCUT2D eigenvalue weighted by Gasteiger charge is 2.23. The van der Waals surface area contributed by atoms with Crippen molar-refractivity contribution in [1.29, 1.82) is 0 Å². The van der Waals surface area contributed by atoms with E-state index in [0.29, 0.717) is 11.8 Å². The Balaban J connectivity index is 0.00000104. The second-order valence-corrected chi connectivity index (χ2v) is 6.66. The topological polar surface area (TPSA) is 65.3 Å². The first-order valence-corrected chi connectivity index (χ1v) is 8.19. The molecular formula is C17H24Cl2N4O. The van der Waals surface area contributed by atoms with Crippen molar-refractivity contribution in [2.24, 2.45) is 17.6 Å². The summed E-state index contributed by atoms with van der Waals surface area (Å²) in [7, 11) is 0. The lowest BCUT2D eigenvalue weighted by Crippen LogP contribution is -2.26. The molecule has 7 heteroatoms. The molecule has 1 aliphatic rings. The summed E-state index contributed by atoms with van der Waals surface area (Å²) in [5.41, 5.74) is 9.28. The van der Waals surface area contributed by atoms with Gasteiger partial charge in [-0.15, -0.1) is 24.8 Å². The van der Waals surface area contributed by atoms with Gasteiger partial charge in [-0.3, -0.25) is 13.8 Å². The maximum atomic E-state index is 12.8. The highest BCUT2D eigenvalue weighted by atomic mass is 35.5. The van der Waals surface area contributed by atoms with Crippen LogP contribution in [0.15, 0.2) is 23.0 Å². The molecule has 1 aliphatic carbocycles. The first kappa shape index (κ1) is 19.0. The highest BCUT2D eigenvalue weighted by Crippen LogP contribution is 2.29. The van der Waals surface area contributed by atoms with Crippen molar-refractivity contribution in [1.82, 2.24) is 14.0 Å². The lowest BCUT2D eigenvalue weighted by Gasteiger charge is -2.27. The first-order chi connectivity index (χ1) is 10.7. The number of nitrogens with two attached hydrogens (primary N) is 1. The van der Waals surface area contributed by atoms with Gasteiger partial charge in [-0.05, 0) is 63.1 Å². The smallest absolute Gasteiger partial charge is 0.278 e. The van der Waals surface area contributed by atoms with Crippen LogP contribution in [0.1, 0.15) is 31.4 Å². The van der Waals surface area contributed by atoms with Gasteiger partial charge in [-0.2, -0.15) is 0 Å². The van der Waals surface area contributed by atoms with Gasteiger partial charge >= 0.3 is 0 Å². The van der Waals surface area contributed by atoms with Crippen molar-refractivity contribution in [2.45, 2.75) is 39.2 Å². The van der Waals surface area contributed by atoms with Gasteiger partial charge in [0, 0.05) is 6.54 Å². The number of imidazole rings is 2. The number of halogens is 2. The maximum Gasteiger partial charge on any atom is 0.278 e. The van der Waals surface area contributed by atoms with Crippen LogP contribution in [-0.4, -0.2) is 20.5 Å². The van der Waals surface area contributed by atoms with E-state index < -0.39 is 0 Å². The molecule has 1 saturated carbocycles. The minimum Gasteiger partial charge on any atom is -0.330 e. The SMILES string of the molecule is Cc1nc2cccc3n(CC4CCC(CN)CC4)c(=O)c1n23.Cl.Cl. The van der Waals surface area contributed by atoms with Crippen LogP contribution in [-0.2, 0) is 6.54 Å². The average Bonchev–Trinajstić information content (AvgIpc) is 3.02. The summed E-state index contributed by atoms with van der Waals surface area (Å²) in [6, 6.07) is 5.97. The molecular weight excluding hydrogens is 347 g/mol. The Bertz CT molecular complexity index is 864. The third kappa shape index (κ3) is 2.89. The van der Waals surface area contributed by atoms with Gasteiger partial charge in [-0.25, -0.2) is 4.98 Å². The zero-order chi connectivity index (χ0) is 15.3. The predicted octanol–water partition coefficient (Wildman–Crippen LogP) is 3.00. The Morgan fingerprint density at radius 1 is 1.17 bits per heavy atom. The van der Waals surface area contributed by atoms with Crippen LogP contribution in [0.4, 0.5) is 0 Å². The number of hydrogen-bond acceptors (Lipinski definition) is 3. The number of hydrogen-bond donors (Lipinski definition) is 1. The molecule has 132 valence electrons. The van der Waals surface area contributed by atoms with Gasteiger partial charge in [-0.1, -0.05) is 6.07 Å². The zero-order valence-electron chi connectivity index (χ0n) is 13.8. The second-order valence-electron chi connectivity index (χ2n) is 6.66. The molecule has 1 fully saturated rings. The summed E-state index contributed by atoms with van der Waals surface area (Å²) in [6.07, 6.45) is 4.74. The number of rotatable bonds is 3. The van der Waals surface area contributed by atoms with Gasteiger partial charge < -0.3 is 5.73 Å². The van der Waals surface area contributed by atoms with E-state index in [2.05, 4.69) is 4.98 Å². The van der Waals surface area contributed by atoms with E-state index in [1.807, 2.05) is 34.1 Å². The summed E-state index contributed by atoms with van der Waals surface area (Å²) in [6.45, 7) is 3.53. The molecule has 2 N–H and O–H groups in total. The second kappa shape index (κ2) is 7.30. The fourth-order valence-corrected chi connectivity index (χ4v) is 3.97. The van der Waals surface area contributed by atoms with E-state index >= 15 is 0 Å². The van der Waals surface area contributed by atoms with Gasteiger partial charge in [0.2, 0.25) is 0 Å². The quantitative estimate of drug-likeness (QED) is 0.770. The minimum atomic E-state index is 0. The molecule has 0 bridgehead atoms. The van der Waals surface area contributed by atoms with Gasteiger partial charge in [0.1, 0.15) is 16.8 Å². The molecule has 0 saturated heterocycles. The summed E-state index contributed by atoms with van der Waals surface area (Å²) in [5, 5.41) is 0. The van der Waals surface area contributed by atoms with E-state index in [4.69, 9.17) is 5.73 Å². The van der Waals surface area contributed by atoms with Crippen LogP contribution >= 0.6 is 24.8 Å². The van der Waals surface area contributed by atoms with E-state index in [-0.39, 0.29) is 30.4 Å². The number of pyridine rings is 1. The third-order valence-corrected chi connectivity index (χ3v) is 5.26. The summed E-state index contributed by atoms with van der Waals surface area (Å²) >= 11 is 0. The molecule has 3 aromatic heterocycles. The summed E-state index contributed by atoms with van der Waals surface area (Å²) in [5.74, 6) is 1.26. The average molecular weight is 371 g/mol. The van der Waals surface area contributed by atoms with Crippen LogP contribution in [0.5, 0.6) is 0 Å². The molecule has 0 aliphatic heterocycles. The predicted molar refractivity (Wildman–Crippen MR) is 102 cm³/mol. The monoisotopic (exact) mass is 370 g/mol. The molecule has 0 amide bonds. The Hall–Kier alpha value is -1.30. The van der Waals surface area contributed by atoms with E-state index in [9.17, 15) is 4.79 Å². The molecule has 24 heavy (non-hydrogen) atoms. The lowest BCUT2D eigenvalue weighted by molar-refractivity contribution is 0.257. The van der Waals surface area contributed by atoms with Gasteiger partial charge in [0.25, 0.3) is 5.56 Å². The zero-order valence-corrected chi connectivity index (χ0v) is 15.4. The Kier molecular flexibility index (Phi) is 5.78. The molecule has 0 atom stereocenters. The van der Waals surface area contributed by atoms with Crippen LogP contribution in [0.3, 0.4) is 0 Å². The van der Waals surface area contributed by atoms with Crippen molar-refractivity contribution in [3.63, 3.8) is 0 Å². The molecule has 0 radical (unpaired) electrons. The highest BCUT2D eigenvalue weighted by molar-refractivity contribution is 5.85. The van der Waals surface area contributed by atoms with Crippen LogP contribution in [0.25, 0.3) is 16.8 Å². The fourth-order valence-electron chi connectivity index (χ4n) is 3.97. The van der Waals surface area contributed by atoms with Crippen LogP contribution < -0.4 is 11.3 Å². The Labute approximate surface area is 153 Å². The third-order valence-electron chi connectivity index (χ3n) is 5.26. The number of aromatic nitrogens is 3. The van der Waals surface area contributed by atoms with Crippen molar-refractivity contribution in [3.05, 3.63) is 34.2 Å². The maximum absolute atomic E-state index is 12.8. The molecule has 5 nitrogen and oxygen atoms in total. The van der Waals surface area contributed by atoms with E-state index in [1.54, 1.807) is 0 Å². The molecule has 0 spiro atoms. The van der Waals surface area contributed by atoms with Crippen molar-refractivity contribution < 1.29 is 0 Å². The van der Waals surface area contributed by atoms with Crippen LogP contribution in [0, 0.1) is 18.8 Å². The molecule has 4 rings (SSSR count). The molecule has 3 heterocycles. The van der Waals surface area contributed by atoms with Gasteiger partial charge in [0.15, 0.2) is 0 Å².